The van der Waals surface area contributed by atoms with Gasteiger partial charge in [-0.1, -0.05) is 0 Å². The van der Waals surface area contributed by atoms with Crippen molar-refractivity contribution in [3.8, 4) is 11.5 Å². The molecule has 0 fully saturated rings. The lowest BCUT2D eigenvalue weighted by Crippen LogP contribution is -2.09. The van der Waals surface area contributed by atoms with Crippen molar-refractivity contribution in [3.63, 3.8) is 0 Å². The topological polar surface area (TPSA) is 65.7 Å². The molecule has 0 saturated carbocycles. The number of hydrogen-bond donors (Lipinski definition) is 0. The number of carbonyl (C=O) groups excluding carboxylic acids is 2. The van der Waals surface area contributed by atoms with Gasteiger partial charge in [0, 0.05) is 6.07 Å². The molecule has 0 bridgehead atoms. The van der Waals surface area contributed by atoms with Crippen LogP contribution in [0, 0.1) is 0 Å². The maximum absolute atomic E-state index is 12.1. The van der Waals surface area contributed by atoms with Gasteiger partial charge in [-0.3, -0.25) is 9.59 Å². The first-order valence-corrected chi connectivity index (χ1v) is 5.97. The lowest BCUT2D eigenvalue weighted by molar-refractivity contribution is 0.0877. The summed E-state index contributed by atoms with van der Waals surface area (Å²) in [6.45, 7) is 0. The fourth-order valence-electron chi connectivity index (χ4n) is 1.79. The second-order valence-electron chi connectivity index (χ2n) is 4.07. The zero-order chi connectivity index (χ0) is 14.5. The summed E-state index contributed by atoms with van der Waals surface area (Å²) >= 11 is 0. The van der Waals surface area contributed by atoms with Crippen LogP contribution in [0.1, 0.15) is 27.3 Å². The third-order valence-electron chi connectivity index (χ3n) is 2.83. The van der Waals surface area contributed by atoms with Crippen LogP contribution in [-0.2, 0) is 0 Å². The molecule has 0 spiro atoms. The van der Waals surface area contributed by atoms with Crippen LogP contribution in [0.3, 0.4) is 0 Å². The van der Waals surface area contributed by atoms with Crippen molar-refractivity contribution in [2.45, 2.75) is 6.42 Å². The number of benzene rings is 1. The van der Waals surface area contributed by atoms with Crippen molar-refractivity contribution in [1.82, 2.24) is 0 Å². The molecule has 0 N–H and O–H groups in total. The van der Waals surface area contributed by atoms with Crippen molar-refractivity contribution >= 4 is 11.6 Å². The monoisotopic (exact) mass is 274 g/mol. The van der Waals surface area contributed by atoms with E-state index in [1.54, 1.807) is 24.3 Å². The maximum atomic E-state index is 12.1. The van der Waals surface area contributed by atoms with Crippen LogP contribution < -0.4 is 9.47 Å². The zero-order valence-electron chi connectivity index (χ0n) is 11.2. The average Bonchev–Trinajstić information content (AvgIpc) is 3.00. The Balaban J connectivity index is 2.19. The van der Waals surface area contributed by atoms with Crippen LogP contribution in [-0.4, -0.2) is 25.8 Å². The Morgan fingerprint density at radius 3 is 2.50 bits per heavy atom. The molecule has 1 aromatic heterocycles. The van der Waals surface area contributed by atoms with Gasteiger partial charge in [0.05, 0.1) is 32.5 Å². The molecule has 2 aromatic rings. The SMILES string of the molecule is COc1ccc(C(=O)CC(=O)c2ccco2)c(OC)c1. The van der Waals surface area contributed by atoms with Crippen LogP contribution >= 0.6 is 0 Å². The number of furan rings is 1. The minimum absolute atomic E-state index is 0.172. The Kier molecular flexibility index (Phi) is 4.20. The smallest absolute Gasteiger partial charge is 0.205 e. The number of carbonyl (C=O) groups is 2. The van der Waals surface area contributed by atoms with Gasteiger partial charge < -0.3 is 13.9 Å². The van der Waals surface area contributed by atoms with Gasteiger partial charge in [-0.15, -0.1) is 0 Å². The van der Waals surface area contributed by atoms with E-state index in [9.17, 15) is 9.59 Å². The summed E-state index contributed by atoms with van der Waals surface area (Å²) in [6.07, 6.45) is 1.13. The molecule has 0 aliphatic rings. The van der Waals surface area contributed by atoms with E-state index < -0.39 is 0 Å². The number of Topliss-reactive ketones (excluding diaryl/α,β-unsaturated/α-hetero) is 2. The number of ketones is 2. The van der Waals surface area contributed by atoms with Crippen molar-refractivity contribution in [1.29, 1.82) is 0 Å². The van der Waals surface area contributed by atoms with Crippen LogP contribution in [0.4, 0.5) is 0 Å². The molecule has 104 valence electrons. The molecule has 1 heterocycles. The van der Waals surface area contributed by atoms with Gasteiger partial charge in [-0.2, -0.15) is 0 Å². The lowest BCUT2D eigenvalue weighted by atomic mass is 10.0. The van der Waals surface area contributed by atoms with Gasteiger partial charge in [-0.05, 0) is 24.3 Å². The molecular weight excluding hydrogens is 260 g/mol. The van der Waals surface area contributed by atoms with E-state index >= 15 is 0 Å². The van der Waals surface area contributed by atoms with Crippen molar-refractivity contribution in [2.75, 3.05) is 14.2 Å². The highest BCUT2D eigenvalue weighted by atomic mass is 16.5. The summed E-state index contributed by atoms with van der Waals surface area (Å²) in [5, 5.41) is 0. The van der Waals surface area contributed by atoms with Gasteiger partial charge in [0.2, 0.25) is 5.78 Å². The maximum Gasteiger partial charge on any atom is 0.205 e. The van der Waals surface area contributed by atoms with Gasteiger partial charge >= 0.3 is 0 Å². The predicted molar refractivity (Wildman–Crippen MR) is 71.5 cm³/mol. The molecule has 0 aliphatic carbocycles. The average molecular weight is 274 g/mol. The fraction of sp³-hybridized carbons (Fsp3) is 0.200. The molecule has 5 heteroatoms. The first-order chi connectivity index (χ1) is 9.65. The molecule has 5 nitrogen and oxygen atoms in total. The molecule has 0 aliphatic heterocycles. The Morgan fingerprint density at radius 2 is 1.90 bits per heavy atom. The largest absolute Gasteiger partial charge is 0.497 e. The molecular formula is C15H14O5. The number of ether oxygens (including phenoxy) is 2. The Morgan fingerprint density at radius 1 is 1.10 bits per heavy atom. The van der Waals surface area contributed by atoms with Crippen LogP contribution in [0.15, 0.2) is 41.0 Å². The minimum atomic E-state index is -0.363. The van der Waals surface area contributed by atoms with Crippen LogP contribution in [0.25, 0.3) is 0 Å². The van der Waals surface area contributed by atoms with E-state index in [0.717, 1.165) is 0 Å². The fourth-order valence-corrected chi connectivity index (χ4v) is 1.79. The molecule has 0 atom stereocenters. The van der Waals surface area contributed by atoms with Gasteiger partial charge in [-0.25, -0.2) is 0 Å². The van der Waals surface area contributed by atoms with Crippen molar-refractivity contribution < 1.29 is 23.5 Å². The molecule has 0 amide bonds. The molecule has 0 radical (unpaired) electrons. The highest BCUT2D eigenvalue weighted by Crippen LogP contribution is 2.26. The van der Waals surface area contributed by atoms with Gasteiger partial charge in [0.1, 0.15) is 11.5 Å². The lowest BCUT2D eigenvalue weighted by Gasteiger charge is -2.09. The first kappa shape index (κ1) is 13.9. The van der Waals surface area contributed by atoms with Crippen molar-refractivity contribution in [3.05, 3.63) is 47.9 Å². The zero-order valence-corrected chi connectivity index (χ0v) is 11.2. The van der Waals surface area contributed by atoms with E-state index in [2.05, 4.69) is 0 Å². The standard InChI is InChI=1S/C15H14O5/c1-18-10-5-6-11(15(8-10)19-2)12(16)9-13(17)14-4-3-7-20-14/h3-8H,9H2,1-2H3. The third kappa shape index (κ3) is 2.88. The first-order valence-electron chi connectivity index (χ1n) is 5.97. The molecule has 0 saturated heterocycles. The third-order valence-corrected chi connectivity index (χ3v) is 2.83. The van der Waals surface area contributed by atoms with Crippen molar-refractivity contribution in [2.24, 2.45) is 0 Å². The minimum Gasteiger partial charge on any atom is -0.497 e. The Labute approximate surface area is 116 Å². The normalized spacial score (nSPS) is 10.1. The summed E-state index contributed by atoms with van der Waals surface area (Å²) in [7, 11) is 2.98. The number of rotatable bonds is 6. The summed E-state index contributed by atoms with van der Waals surface area (Å²) in [5.41, 5.74) is 0.341. The van der Waals surface area contributed by atoms with E-state index in [1.165, 1.54) is 26.5 Å². The van der Waals surface area contributed by atoms with E-state index in [-0.39, 0.29) is 23.7 Å². The number of methoxy groups -OCH3 is 2. The summed E-state index contributed by atoms with van der Waals surface area (Å²) < 4.78 is 15.2. The Bertz CT molecular complexity index is 613. The second-order valence-corrected chi connectivity index (χ2v) is 4.07. The summed E-state index contributed by atoms with van der Waals surface area (Å²) in [5.74, 6) is 0.437. The predicted octanol–water partition coefficient (Wildman–Crippen LogP) is 2.75. The molecule has 0 unspecified atom stereocenters. The summed E-state index contributed by atoms with van der Waals surface area (Å²) in [6, 6.07) is 7.96. The molecule has 20 heavy (non-hydrogen) atoms. The van der Waals surface area contributed by atoms with Gasteiger partial charge in [0.15, 0.2) is 11.5 Å². The van der Waals surface area contributed by atoms with E-state index in [1.807, 2.05) is 0 Å². The molecule has 2 rings (SSSR count). The highest BCUT2D eigenvalue weighted by Gasteiger charge is 2.19. The van der Waals surface area contributed by atoms with Crippen LogP contribution in [0.2, 0.25) is 0 Å². The highest BCUT2D eigenvalue weighted by molar-refractivity contribution is 6.13. The summed E-state index contributed by atoms with van der Waals surface area (Å²) in [4.78, 5) is 24.0. The van der Waals surface area contributed by atoms with E-state index in [0.29, 0.717) is 17.1 Å². The van der Waals surface area contributed by atoms with Crippen LogP contribution in [0.5, 0.6) is 11.5 Å². The molecule has 1 aromatic carbocycles. The van der Waals surface area contributed by atoms with Gasteiger partial charge in [0.25, 0.3) is 0 Å². The van der Waals surface area contributed by atoms with E-state index in [4.69, 9.17) is 13.9 Å². The quantitative estimate of drug-likeness (QED) is 0.598. The number of hydrogen-bond acceptors (Lipinski definition) is 5. The second kappa shape index (κ2) is 6.06. The Hall–Kier alpha value is -2.56.